The molecule has 0 bridgehead atoms. The van der Waals surface area contributed by atoms with Gasteiger partial charge in [0.1, 0.15) is 5.82 Å². The molecule has 7 heteroatoms. The minimum atomic E-state index is -0.246. The number of benzene rings is 1. The summed E-state index contributed by atoms with van der Waals surface area (Å²) >= 11 is 1.42. The van der Waals surface area contributed by atoms with Crippen LogP contribution in [0.2, 0.25) is 0 Å². The van der Waals surface area contributed by atoms with E-state index in [1.165, 1.54) is 29.9 Å². The van der Waals surface area contributed by atoms with Crippen molar-refractivity contribution in [2.75, 3.05) is 11.9 Å². The Hall–Kier alpha value is -2.02. The van der Waals surface area contributed by atoms with Crippen LogP contribution in [0.1, 0.15) is 5.82 Å². The van der Waals surface area contributed by atoms with Crippen LogP contribution >= 0.6 is 11.3 Å². The predicted molar refractivity (Wildman–Crippen MR) is 66.1 cm³/mol. The summed E-state index contributed by atoms with van der Waals surface area (Å²) in [4.78, 5) is 8.27. The maximum Gasteiger partial charge on any atom is 0.213 e. The Kier molecular flexibility index (Phi) is 2.89. The average molecular weight is 264 g/mol. The Labute approximate surface area is 106 Å². The Morgan fingerprint density at radius 2 is 2.33 bits per heavy atom. The second kappa shape index (κ2) is 4.69. The van der Waals surface area contributed by atoms with Gasteiger partial charge in [-0.05, 0) is 18.2 Å². The molecule has 0 saturated heterocycles. The molecular formula is C11H9FN4OS. The second-order valence-electron chi connectivity index (χ2n) is 3.66. The summed E-state index contributed by atoms with van der Waals surface area (Å²) in [5.41, 5.74) is 0.795. The highest BCUT2D eigenvalue weighted by atomic mass is 32.1. The van der Waals surface area contributed by atoms with Crippen molar-refractivity contribution in [3.8, 4) is 0 Å². The number of thiazole rings is 1. The molecule has 0 amide bonds. The zero-order valence-electron chi connectivity index (χ0n) is 9.26. The molecule has 0 aliphatic rings. The van der Waals surface area contributed by atoms with Crippen LogP contribution in [0.25, 0.3) is 10.2 Å². The van der Waals surface area contributed by atoms with Gasteiger partial charge in [0, 0.05) is 13.0 Å². The van der Waals surface area contributed by atoms with E-state index >= 15 is 0 Å². The Balaban J connectivity index is 1.67. The van der Waals surface area contributed by atoms with E-state index in [1.54, 1.807) is 6.07 Å². The molecule has 2 heterocycles. The van der Waals surface area contributed by atoms with Gasteiger partial charge in [0.15, 0.2) is 11.0 Å². The van der Waals surface area contributed by atoms with E-state index in [4.69, 9.17) is 0 Å². The number of aromatic nitrogens is 3. The van der Waals surface area contributed by atoms with Gasteiger partial charge in [0.05, 0.1) is 10.2 Å². The molecule has 0 fully saturated rings. The van der Waals surface area contributed by atoms with Gasteiger partial charge in [0.2, 0.25) is 6.39 Å². The number of fused-ring (bicyclic) bond motifs is 1. The van der Waals surface area contributed by atoms with Crippen LogP contribution < -0.4 is 5.32 Å². The summed E-state index contributed by atoms with van der Waals surface area (Å²) < 4.78 is 18.5. The van der Waals surface area contributed by atoms with E-state index in [9.17, 15) is 4.39 Å². The lowest BCUT2D eigenvalue weighted by molar-refractivity contribution is 0.410. The number of hydrogen-bond acceptors (Lipinski definition) is 6. The number of rotatable bonds is 4. The number of halogens is 1. The molecule has 0 saturated carbocycles. The molecule has 0 aliphatic carbocycles. The van der Waals surface area contributed by atoms with Crippen molar-refractivity contribution >= 4 is 26.7 Å². The van der Waals surface area contributed by atoms with Crippen LogP contribution in [0, 0.1) is 5.82 Å². The highest BCUT2D eigenvalue weighted by Crippen LogP contribution is 2.26. The molecule has 1 aromatic carbocycles. The van der Waals surface area contributed by atoms with E-state index in [-0.39, 0.29) is 5.82 Å². The van der Waals surface area contributed by atoms with Crippen LogP contribution in [-0.2, 0) is 6.42 Å². The zero-order chi connectivity index (χ0) is 12.4. The fourth-order valence-electron chi connectivity index (χ4n) is 1.56. The van der Waals surface area contributed by atoms with Crippen molar-refractivity contribution < 1.29 is 8.91 Å². The quantitative estimate of drug-likeness (QED) is 0.784. The smallest absolute Gasteiger partial charge is 0.213 e. The van der Waals surface area contributed by atoms with E-state index in [2.05, 4.69) is 25.0 Å². The third-order valence-corrected chi connectivity index (χ3v) is 3.36. The van der Waals surface area contributed by atoms with Gasteiger partial charge >= 0.3 is 0 Å². The fraction of sp³-hybridized carbons (Fsp3) is 0.182. The van der Waals surface area contributed by atoms with Gasteiger partial charge in [0.25, 0.3) is 0 Å². The third-order valence-electron chi connectivity index (χ3n) is 2.38. The van der Waals surface area contributed by atoms with Gasteiger partial charge in [-0.25, -0.2) is 9.37 Å². The molecular weight excluding hydrogens is 255 g/mol. The topological polar surface area (TPSA) is 63.8 Å². The molecule has 92 valence electrons. The van der Waals surface area contributed by atoms with Crippen molar-refractivity contribution in [2.45, 2.75) is 6.42 Å². The van der Waals surface area contributed by atoms with Gasteiger partial charge in [-0.2, -0.15) is 4.98 Å². The van der Waals surface area contributed by atoms with Crippen LogP contribution in [0.5, 0.6) is 0 Å². The lowest BCUT2D eigenvalue weighted by Gasteiger charge is -1.97. The van der Waals surface area contributed by atoms with Gasteiger partial charge in [-0.15, -0.1) is 0 Å². The van der Waals surface area contributed by atoms with E-state index in [0.717, 1.165) is 15.3 Å². The molecule has 1 N–H and O–H groups in total. The summed E-state index contributed by atoms with van der Waals surface area (Å²) in [5.74, 6) is 0.402. The normalized spacial score (nSPS) is 10.9. The second-order valence-corrected chi connectivity index (χ2v) is 4.69. The van der Waals surface area contributed by atoms with E-state index in [0.29, 0.717) is 18.8 Å². The number of nitrogens with zero attached hydrogens (tertiary/aromatic N) is 3. The van der Waals surface area contributed by atoms with E-state index < -0.39 is 0 Å². The average Bonchev–Trinajstić information content (AvgIpc) is 2.97. The largest absolute Gasteiger partial charge is 0.361 e. The van der Waals surface area contributed by atoms with Crippen molar-refractivity contribution in [2.24, 2.45) is 0 Å². The fourth-order valence-corrected chi connectivity index (χ4v) is 2.47. The van der Waals surface area contributed by atoms with Crippen molar-refractivity contribution in [1.29, 1.82) is 0 Å². The molecule has 3 rings (SSSR count). The molecule has 0 spiro atoms. The van der Waals surface area contributed by atoms with E-state index in [1.807, 2.05) is 0 Å². The summed E-state index contributed by atoms with van der Waals surface area (Å²) in [7, 11) is 0. The first-order valence-corrected chi connectivity index (χ1v) is 6.18. The molecule has 0 atom stereocenters. The van der Waals surface area contributed by atoms with Crippen molar-refractivity contribution in [1.82, 2.24) is 15.1 Å². The van der Waals surface area contributed by atoms with Crippen molar-refractivity contribution in [3.05, 3.63) is 36.2 Å². The minimum Gasteiger partial charge on any atom is -0.361 e. The zero-order valence-corrected chi connectivity index (χ0v) is 10.1. The Bertz CT molecular complexity index is 652. The summed E-state index contributed by atoms with van der Waals surface area (Å²) in [6.45, 7) is 0.655. The number of nitrogens with one attached hydrogen (secondary N) is 1. The SMILES string of the molecule is Fc1ccc2nc(NCCc3ncon3)sc2c1. The monoisotopic (exact) mass is 264 g/mol. The number of hydrogen-bond donors (Lipinski definition) is 1. The minimum absolute atomic E-state index is 0.246. The predicted octanol–water partition coefficient (Wildman–Crippen LogP) is 2.47. The Morgan fingerprint density at radius 3 is 3.17 bits per heavy atom. The van der Waals surface area contributed by atoms with Crippen LogP contribution in [0.4, 0.5) is 9.52 Å². The van der Waals surface area contributed by atoms with Gasteiger partial charge < -0.3 is 9.84 Å². The highest BCUT2D eigenvalue weighted by Gasteiger charge is 2.05. The van der Waals surface area contributed by atoms with Crippen molar-refractivity contribution in [3.63, 3.8) is 0 Å². The maximum atomic E-state index is 13.0. The molecule has 0 unspecified atom stereocenters. The molecule has 0 aliphatic heterocycles. The lowest BCUT2D eigenvalue weighted by Crippen LogP contribution is -2.05. The van der Waals surface area contributed by atoms with Crippen LogP contribution in [-0.4, -0.2) is 21.7 Å². The molecule has 2 aromatic heterocycles. The third kappa shape index (κ3) is 2.30. The Morgan fingerprint density at radius 1 is 1.39 bits per heavy atom. The first-order chi connectivity index (χ1) is 8.81. The molecule has 0 radical (unpaired) electrons. The molecule has 18 heavy (non-hydrogen) atoms. The van der Waals surface area contributed by atoms with Gasteiger partial charge in [-0.3, -0.25) is 0 Å². The number of anilines is 1. The lowest BCUT2D eigenvalue weighted by atomic mass is 10.3. The van der Waals surface area contributed by atoms with Gasteiger partial charge in [-0.1, -0.05) is 16.5 Å². The summed E-state index contributed by atoms with van der Waals surface area (Å²) in [6, 6.07) is 4.56. The maximum absolute atomic E-state index is 13.0. The highest BCUT2D eigenvalue weighted by molar-refractivity contribution is 7.22. The summed E-state index contributed by atoms with van der Waals surface area (Å²) in [5, 5.41) is 7.63. The molecule has 3 aromatic rings. The molecule has 5 nitrogen and oxygen atoms in total. The van der Waals surface area contributed by atoms with Crippen LogP contribution in [0.15, 0.2) is 29.1 Å². The first kappa shape index (κ1) is 11.1. The first-order valence-electron chi connectivity index (χ1n) is 5.36. The summed E-state index contributed by atoms with van der Waals surface area (Å²) in [6.07, 6.45) is 1.95. The van der Waals surface area contributed by atoms with Crippen LogP contribution in [0.3, 0.4) is 0 Å². The standard InChI is InChI=1S/C11H9FN4OS/c12-7-1-2-8-9(5-7)18-11(15-8)13-4-3-10-14-6-17-16-10/h1-2,5-6H,3-4H2,(H,13,15).